The standard InChI is InChI=1S/C17H22N2O4/c1-18-16(21)13-6-4-5-12(11-13)8-9-15(20)19-10-3-2-7-14(19)17(22)23/h4-6,11,14H,2-3,7-10H2,1H3,(H,18,21)(H,22,23). The van der Waals surface area contributed by atoms with Crippen molar-refractivity contribution < 1.29 is 19.5 Å². The van der Waals surface area contributed by atoms with E-state index in [0.717, 1.165) is 18.4 Å². The van der Waals surface area contributed by atoms with Gasteiger partial charge in [-0.3, -0.25) is 9.59 Å². The van der Waals surface area contributed by atoms with Crippen molar-refractivity contribution in [3.05, 3.63) is 35.4 Å². The van der Waals surface area contributed by atoms with Gasteiger partial charge in [0.15, 0.2) is 0 Å². The second kappa shape index (κ2) is 7.76. The molecule has 1 aliphatic rings. The molecule has 2 rings (SSSR count). The molecule has 124 valence electrons. The number of carboxylic acid groups (broad SMARTS) is 1. The smallest absolute Gasteiger partial charge is 0.326 e. The van der Waals surface area contributed by atoms with Crippen molar-refractivity contribution in [2.45, 2.75) is 38.1 Å². The van der Waals surface area contributed by atoms with Gasteiger partial charge in [-0.1, -0.05) is 12.1 Å². The van der Waals surface area contributed by atoms with E-state index in [1.54, 1.807) is 25.2 Å². The summed E-state index contributed by atoms with van der Waals surface area (Å²) in [6, 6.07) is 6.43. The molecule has 2 N–H and O–H groups in total. The first kappa shape index (κ1) is 17.0. The van der Waals surface area contributed by atoms with Crippen molar-refractivity contribution in [1.29, 1.82) is 0 Å². The quantitative estimate of drug-likeness (QED) is 0.860. The summed E-state index contributed by atoms with van der Waals surface area (Å²) >= 11 is 0. The molecule has 0 saturated carbocycles. The zero-order valence-electron chi connectivity index (χ0n) is 13.2. The van der Waals surface area contributed by atoms with Gasteiger partial charge in [0.25, 0.3) is 5.91 Å². The highest BCUT2D eigenvalue weighted by atomic mass is 16.4. The lowest BCUT2D eigenvalue weighted by Gasteiger charge is -2.33. The third-order valence-electron chi connectivity index (χ3n) is 4.15. The number of benzene rings is 1. The van der Waals surface area contributed by atoms with Crippen LogP contribution in [0.3, 0.4) is 0 Å². The summed E-state index contributed by atoms with van der Waals surface area (Å²) < 4.78 is 0. The van der Waals surface area contributed by atoms with Gasteiger partial charge in [-0.25, -0.2) is 4.79 Å². The average Bonchev–Trinajstić information content (AvgIpc) is 2.59. The zero-order chi connectivity index (χ0) is 16.8. The average molecular weight is 318 g/mol. The Hall–Kier alpha value is -2.37. The van der Waals surface area contributed by atoms with Crippen LogP contribution in [-0.2, 0) is 16.0 Å². The third-order valence-corrected chi connectivity index (χ3v) is 4.15. The van der Waals surface area contributed by atoms with Crippen molar-refractivity contribution in [1.82, 2.24) is 10.2 Å². The molecular weight excluding hydrogens is 296 g/mol. The molecule has 6 heteroatoms. The Morgan fingerprint density at radius 3 is 2.78 bits per heavy atom. The first-order valence-corrected chi connectivity index (χ1v) is 7.86. The van der Waals surface area contributed by atoms with Crippen LogP contribution >= 0.6 is 0 Å². The summed E-state index contributed by atoms with van der Waals surface area (Å²) in [4.78, 5) is 36.7. The van der Waals surface area contributed by atoms with E-state index in [2.05, 4.69) is 5.32 Å². The molecule has 0 radical (unpaired) electrons. The second-order valence-corrected chi connectivity index (χ2v) is 5.72. The van der Waals surface area contributed by atoms with Crippen LogP contribution in [0.4, 0.5) is 0 Å². The number of hydrogen-bond donors (Lipinski definition) is 2. The molecule has 2 amide bonds. The van der Waals surface area contributed by atoms with Gasteiger partial charge in [-0.15, -0.1) is 0 Å². The maximum absolute atomic E-state index is 12.3. The van der Waals surface area contributed by atoms with E-state index < -0.39 is 12.0 Å². The molecule has 1 aromatic carbocycles. The Bertz CT molecular complexity index is 600. The summed E-state index contributed by atoms with van der Waals surface area (Å²) in [6.45, 7) is 0.508. The number of carboxylic acids is 1. The van der Waals surface area contributed by atoms with E-state index >= 15 is 0 Å². The van der Waals surface area contributed by atoms with Crippen LogP contribution in [0.1, 0.15) is 41.6 Å². The summed E-state index contributed by atoms with van der Waals surface area (Å²) in [6.07, 6.45) is 2.96. The predicted octanol–water partition coefficient (Wildman–Crippen LogP) is 1.44. The Morgan fingerprint density at radius 1 is 1.30 bits per heavy atom. The van der Waals surface area contributed by atoms with E-state index in [1.807, 2.05) is 6.07 Å². The normalized spacial score (nSPS) is 17.6. The lowest BCUT2D eigenvalue weighted by Crippen LogP contribution is -2.48. The van der Waals surface area contributed by atoms with Crippen molar-refractivity contribution in [2.75, 3.05) is 13.6 Å². The minimum atomic E-state index is -0.931. The van der Waals surface area contributed by atoms with Gasteiger partial charge in [0, 0.05) is 25.6 Å². The van der Waals surface area contributed by atoms with E-state index in [4.69, 9.17) is 0 Å². The number of hydrogen-bond acceptors (Lipinski definition) is 3. The monoisotopic (exact) mass is 318 g/mol. The van der Waals surface area contributed by atoms with Gasteiger partial charge in [-0.05, 0) is 43.4 Å². The number of aliphatic carboxylic acids is 1. The van der Waals surface area contributed by atoms with E-state index in [-0.39, 0.29) is 18.2 Å². The molecule has 1 atom stereocenters. The molecule has 1 aromatic rings. The van der Waals surface area contributed by atoms with Crippen LogP contribution in [0.25, 0.3) is 0 Å². The number of carbonyl (C=O) groups excluding carboxylic acids is 2. The van der Waals surface area contributed by atoms with Gasteiger partial charge < -0.3 is 15.3 Å². The molecule has 0 bridgehead atoms. The number of aryl methyl sites for hydroxylation is 1. The number of amides is 2. The topological polar surface area (TPSA) is 86.7 Å². The summed E-state index contributed by atoms with van der Waals surface area (Å²) in [5.74, 6) is -1.23. The van der Waals surface area contributed by atoms with Gasteiger partial charge in [-0.2, -0.15) is 0 Å². The first-order chi connectivity index (χ1) is 11.0. The maximum atomic E-state index is 12.3. The minimum absolute atomic E-state index is 0.137. The highest BCUT2D eigenvalue weighted by Crippen LogP contribution is 2.19. The molecule has 1 unspecified atom stereocenters. The van der Waals surface area contributed by atoms with Crippen molar-refractivity contribution in [2.24, 2.45) is 0 Å². The lowest BCUT2D eigenvalue weighted by atomic mass is 10.0. The van der Waals surface area contributed by atoms with E-state index in [9.17, 15) is 19.5 Å². The molecule has 6 nitrogen and oxygen atoms in total. The summed E-state index contributed by atoms with van der Waals surface area (Å²) in [5.41, 5.74) is 1.45. The molecule has 1 saturated heterocycles. The molecule has 0 spiro atoms. The van der Waals surface area contributed by atoms with Crippen molar-refractivity contribution >= 4 is 17.8 Å². The lowest BCUT2D eigenvalue weighted by molar-refractivity contribution is -0.152. The number of piperidine rings is 1. The van der Waals surface area contributed by atoms with Crippen LogP contribution in [0.5, 0.6) is 0 Å². The Balaban J connectivity index is 1.98. The van der Waals surface area contributed by atoms with Crippen LogP contribution in [-0.4, -0.2) is 47.4 Å². The Morgan fingerprint density at radius 2 is 2.09 bits per heavy atom. The highest BCUT2D eigenvalue weighted by molar-refractivity contribution is 5.94. The predicted molar refractivity (Wildman–Crippen MR) is 85.1 cm³/mol. The van der Waals surface area contributed by atoms with Crippen LogP contribution in [0.2, 0.25) is 0 Å². The molecule has 0 aliphatic carbocycles. The van der Waals surface area contributed by atoms with Gasteiger partial charge >= 0.3 is 5.97 Å². The number of rotatable bonds is 5. The molecule has 1 fully saturated rings. The second-order valence-electron chi connectivity index (χ2n) is 5.72. The molecule has 1 heterocycles. The Labute approximate surface area is 135 Å². The fourth-order valence-corrected chi connectivity index (χ4v) is 2.89. The van der Waals surface area contributed by atoms with Crippen LogP contribution in [0.15, 0.2) is 24.3 Å². The number of carbonyl (C=O) groups is 3. The highest BCUT2D eigenvalue weighted by Gasteiger charge is 2.31. The van der Waals surface area contributed by atoms with Gasteiger partial charge in [0.2, 0.25) is 5.91 Å². The van der Waals surface area contributed by atoms with Crippen LogP contribution < -0.4 is 5.32 Å². The van der Waals surface area contributed by atoms with E-state index in [1.165, 1.54) is 4.90 Å². The molecular formula is C17H22N2O4. The fraction of sp³-hybridized carbons (Fsp3) is 0.471. The molecule has 23 heavy (non-hydrogen) atoms. The fourth-order valence-electron chi connectivity index (χ4n) is 2.89. The molecule has 0 aromatic heterocycles. The Kier molecular flexibility index (Phi) is 5.73. The first-order valence-electron chi connectivity index (χ1n) is 7.86. The molecule has 1 aliphatic heterocycles. The third kappa shape index (κ3) is 4.31. The van der Waals surface area contributed by atoms with Crippen molar-refractivity contribution in [3.63, 3.8) is 0 Å². The van der Waals surface area contributed by atoms with E-state index in [0.29, 0.717) is 24.9 Å². The minimum Gasteiger partial charge on any atom is -0.480 e. The van der Waals surface area contributed by atoms with Crippen molar-refractivity contribution in [3.8, 4) is 0 Å². The SMILES string of the molecule is CNC(=O)c1cccc(CCC(=O)N2CCCCC2C(=O)O)c1. The maximum Gasteiger partial charge on any atom is 0.326 e. The zero-order valence-corrected chi connectivity index (χ0v) is 13.2. The number of nitrogens with one attached hydrogen (secondary N) is 1. The van der Waals surface area contributed by atoms with Gasteiger partial charge in [0.05, 0.1) is 0 Å². The summed E-state index contributed by atoms with van der Waals surface area (Å²) in [5, 5.41) is 11.8. The van der Waals surface area contributed by atoms with Gasteiger partial charge in [0.1, 0.15) is 6.04 Å². The number of likely N-dealkylation sites (tertiary alicyclic amines) is 1. The largest absolute Gasteiger partial charge is 0.480 e. The van der Waals surface area contributed by atoms with Crippen LogP contribution in [0, 0.1) is 0 Å². The summed E-state index contributed by atoms with van der Waals surface area (Å²) in [7, 11) is 1.57. The number of nitrogens with zero attached hydrogens (tertiary/aromatic N) is 1.